The molecule has 0 aliphatic rings. The van der Waals surface area contributed by atoms with E-state index < -0.39 is 0 Å². The molecule has 0 radical (unpaired) electrons. The second-order valence-corrected chi connectivity index (χ2v) is 4.07. The van der Waals surface area contributed by atoms with Gasteiger partial charge in [0.2, 0.25) is 0 Å². The van der Waals surface area contributed by atoms with Crippen molar-refractivity contribution in [2.45, 2.75) is 12.5 Å². The van der Waals surface area contributed by atoms with Gasteiger partial charge in [-0.1, -0.05) is 24.3 Å². The molecule has 96 valence electrons. The Labute approximate surface area is 112 Å². The minimum Gasteiger partial charge on any atom is -0.508 e. The van der Waals surface area contributed by atoms with Crippen LogP contribution in [-0.2, 0) is 6.42 Å². The lowest BCUT2D eigenvalue weighted by Crippen LogP contribution is -2.13. The standard InChI is InChI=1S/C14H15NO2.ClH/c15-14(11-3-7-13(17)8-4-11)9-10-1-5-12(16)6-2-10;/h1-8,14,16-17H,9,15H2;1H. The number of benzene rings is 2. The quantitative estimate of drug-likeness (QED) is 0.799. The van der Waals surface area contributed by atoms with E-state index >= 15 is 0 Å². The molecule has 2 aromatic rings. The number of phenols is 2. The van der Waals surface area contributed by atoms with E-state index in [0.717, 1.165) is 11.1 Å². The summed E-state index contributed by atoms with van der Waals surface area (Å²) in [6.07, 6.45) is 0.699. The van der Waals surface area contributed by atoms with E-state index in [0.29, 0.717) is 6.42 Å². The van der Waals surface area contributed by atoms with Crippen LogP contribution in [-0.4, -0.2) is 10.2 Å². The average molecular weight is 266 g/mol. The van der Waals surface area contributed by atoms with Gasteiger partial charge in [-0.25, -0.2) is 0 Å². The van der Waals surface area contributed by atoms with E-state index in [1.165, 1.54) is 0 Å². The lowest BCUT2D eigenvalue weighted by atomic mass is 10.00. The number of hydrogen-bond acceptors (Lipinski definition) is 3. The van der Waals surface area contributed by atoms with Gasteiger partial charge in [-0.05, 0) is 41.8 Å². The Morgan fingerprint density at radius 3 is 1.78 bits per heavy atom. The SMILES string of the molecule is Cl.NC(Cc1ccc(O)cc1)c1ccc(O)cc1. The van der Waals surface area contributed by atoms with Crippen LogP contribution >= 0.6 is 12.4 Å². The van der Waals surface area contributed by atoms with Crippen LogP contribution in [0.25, 0.3) is 0 Å². The fourth-order valence-electron chi connectivity index (χ4n) is 1.73. The number of rotatable bonds is 3. The van der Waals surface area contributed by atoms with Gasteiger partial charge in [-0.15, -0.1) is 12.4 Å². The van der Waals surface area contributed by atoms with Crippen molar-refractivity contribution in [3.05, 3.63) is 59.7 Å². The van der Waals surface area contributed by atoms with Gasteiger partial charge < -0.3 is 15.9 Å². The fraction of sp³-hybridized carbons (Fsp3) is 0.143. The lowest BCUT2D eigenvalue weighted by molar-refractivity contribution is 0.474. The molecule has 0 spiro atoms. The zero-order chi connectivity index (χ0) is 12.3. The highest BCUT2D eigenvalue weighted by molar-refractivity contribution is 5.85. The van der Waals surface area contributed by atoms with Crippen LogP contribution in [0.1, 0.15) is 17.2 Å². The molecule has 18 heavy (non-hydrogen) atoms. The van der Waals surface area contributed by atoms with Crippen molar-refractivity contribution in [1.82, 2.24) is 0 Å². The summed E-state index contributed by atoms with van der Waals surface area (Å²) in [5.41, 5.74) is 8.13. The summed E-state index contributed by atoms with van der Waals surface area (Å²) < 4.78 is 0. The predicted octanol–water partition coefficient (Wildman–Crippen LogP) is 2.76. The molecule has 4 heteroatoms. The molecule has 4 N–H and O–H groups in total. The van der Waals surface area contributed by atoms with Crippen molar-refractivity contribution in [3.63, 3.8) is 0 Å². The van der Waals surface area contributed by atoms with E-state index in [2.05, 4.69) is 0 Å². The largest absolute Gasteiger partial charge is 0.508 e. The summed E-state index contributed by atoms with van der Waals surface area (Å²) in [6, 6.07) is 13.8. The highest BCUT2D eigenvalue weighted by Crippen LogP contribution is 2.19. The number of hydrogen-bond donors (Lipinski definition) is 3. The zero-order valence-electron chi connectivity index (χ0n) is 9.78. The maximum absolute atomic E-state index is 9.19. The van der Waals surface area contributed by atoms with Crippen LogP contribution in [0.15, 0.2) is 48.5 Å². The maximum Gasteiger partial charge on any atom is 0.115 e. The molecule has 0 amide bonds. The molecule has 0 saturated heterocycles. The summed E-state index contributed by atoms with van der Waals surface area (Å²) in [7, 11) is 0. The molecule has 0 heterocycles. The predicted molar refractivity (Wildman–Crippen MR) is 74.1 cm³/mol. The smallest absolute Gasteiger partial charge is 0.115 e. The minimum absolute atomic E-state index is 0. The van der Waals surface area contributed by atoms with Gasteiger partial charge in [0, 0.05) is 6.04 Å². The normalized spacial score (nSPS) is 11.6. The highest BCUT2D eigenvalue weighted by Gasteiger charge is 2.07. The summed E-state index contributed by atoms with van der Waals surface area (Å²) in [5.74, 6) is 0.498. The van der Waals surface area contributed by atoms with Gasteiger partial charge in [0.25, 0.3) is 0 Å². The van der Waals surface area contributed by atoms with Gasteiger partial charge in [-0.3, -0.25) is 0 Å². The molecule has 0 fully saturated rings. The molecule has 3 nitrogen and oxygen atoms in total. The number of aromatic hydroxyl groups is 2. The first-order valence-electron chi connectivity index (χ1n) is 5.47. The summed E-state index contributed by atoms with van der Waals surface area (Å²) in [6.45, 7) is 0. The fourth-order valence-corrected chi connectivity index (χ4v) is 1.73. The number of nitrogens with two attached hydrogens (primary N) is 1. The average Bonchev–Trinajstić information content (AvgIpc) is 2.33. The minimum atomic E-state index is -0.111. The molecular weight excluding hydrogens is 250 g/mol. The van der Waals surface area contributed by atoms with Crippen molar-refractivity contribution >= 4 is 12.4 Å². The Bertz CT molecular complexity index is 482. The Hall–Kier alpha value is -1.71. The third kappa shape index (κ3) is 3.65. The second kappa shape index (κ2) is 6.28. The second-order valence-electron chi connectivity index (χ2n) is 4.07. The van der Waals surface area contributed by atoms with E-state index in [-0.39, 0.29) is 29.9 Å². The van der Waals surface area contributed by atoms with Crippen molar-refractivity contribution in [1.29, 1.82) is 0 Å². The number of phenolic OH excluding ortho intramolecular Hbond substituents is 2. The van der Waals surface area contributed by atoms with E-state index in [9.17, 15) is 10.2 Å². The number of halogens is 1. The zero-order valence-corrected chi connectivity index (χ0v) is 10.6. The topological polar surface area (TPSA) is 66.5 Å². The van der Waals surface area contributed by atoms with Crippen molar-refractivity contribution < 1.29 is 10.2 Å². The van der Waals surface area contributed by atoms with E-state index in [4.69, 9.17) is 5.73 Å². The van der Waals surface area contributed by atoms with Gasteiger partial charge >= 0.3 is 0 Å². The monoisotopic (exact) mass is 265 g/mol. The first kappa shape index (κ1) is 14.4. The Morgan fingerprint density at radius 2 is 1.28 bits per heavy atom. The first-order chi connectivity index (χ1) is 8.15. The summed E-state index contributed by atoms with van der Waals surface area (Å²) in [4.78, 5) is 0. The van der Waals surface area contributed by atoms with Gasteiger partial charge in [0.15, 0.2) is 0 Å². The Balaban J connectivity index is 0.00000162. The lowest BCUT2D eigenvalue weighted by Gasteiger charge is -2.12. The van der Waals surface area contributed by atoms with Crippen LogP contribution in [0.2, 0.25) is 0 Å². The van der Waals surface area contributed by atoms with Gasteiger partial charge in [0.05, 0.1) is 0 Å². The molecule has 1 atom stereocenters. The van der Waals surface area contributed by atoms with Crippen molar-refractivity contribution in [3.8, 4) is 11.5 Å². The van der Waals surface area contributed by atoms with Crippen LogP contribution in [0.4, 0.5) is 0 Å². The van der Waals surface area contributed by atoms with E-state index in [1.807, 2.05) is 24.3 Å². The molecule has 2 aromatic carbocycles. The van der Waals surface area contributed by atoms with Gasteiger partial charge in [-0.2, -0.15) is 0 Å². The third-order valence-electron chi connectivity index (χ3n) is 2.71. The van der Waals surface area contributed by atoms with Crippen molar-refractivity contribution in [2.75, 3.05) is 0 Å². The molecular formula is C14H16ClNO2. The molecule has 0 aliphatic heterocycles. The van der Waals surface area contributed by atoms with Crippen LogP contribution in [0.3, 0.4) is 0 Å². The summed E-state index contributed by atoms with van der Waals surface area (Å²) >= 11 is 0. The third-order valence-corrected chi connectivity index (χ3v) is 2.71. The first-order valence-corrected chi connectivity index (χ1v) is 5.47. The van der Waals surface area contributed by atoms with Crippen LogP contribution in [0, 0.1) is 0 Å². The Kier molecular flexibility index (Phi) is 5.01. The molecule has 2 rings (SSSR count). The molecule has 0 aromatic heterocycles. The van der Waals surface area contributed by atoms with Crippen molar-refractivity contribution in [2.24, 2.45) is 5.73 Å². The Morgan fingerprint density at radius 1 is 0.833 bits per heavy atom. The molecule has 0 aliphatic carbocycles. The molecule has 0 saturated carbocycles. The van der Waals surface area contributed by atoms with E-state index in [1.54, 1.807) is 24.3 Å². The maximum atomic E-state index is 9.19. The summed E-state index contributed by atoms with van der Waals surface area (Å²) in [5, 5.41) is 18.4. The van der Waals surface area contributed by atoms with Gasteiger partial charge in [0.1, 0.15) is 11.5 Å². The van der Waals surface area contributed by atoms with Crippen LogP contribution in [0.5, 0.6) is 11.5 Å². The molecule has 1 unspecified atom stereocenters. The molecule has 0 bridgehead atoms. The highest BCUT2D eigenvalue weighted by atomic mass is 35.5. The van der Waals surface area contributed by atoms with Crippen LogP contribution < -0.4 is 5.73 Å².